The fraction of sp³-hybridized carbons (Fsp3) is 0.593. The highest BCUT2D eigenvalue weighted by Crippen LogP contribution is 2.48. The standard InChI is InChI=1S/C27H31F6NO3/c1-14(34-22-13-20(24(35)36)25(22,2)3)16-5-4-15-6-11-21(23(19(15)12-16)27(31,32)33)37-18-9-7-17(8-10-18)26(28,29)30/h4-6,11-12,14,17-18,20,22,34H,7-10,13H2,1-3H3,(H,35,36)/t14-,17-,18+,20+,22-/m1/s1. The van der Waals surface area contributed by atoms with E-state index in [9.17, 15) is 36.2 Å². The summed E-state index contributed by atoms with van der Waals surface area (Å²) in [6, 6.07) is 7.11. The molecule has 0 saturated heterocycles. The van der Waals surface area contributed by atoms with E-state index in [-0.39, 0.29) is 48.9 Å². The summed E-state index contributed by atoms with van der Waals surface area (Å²) in [7, 11) is 0. The van der Waals surface area contributed by atoms with Crippen molar-refractivity contribution in [1.82, 2.24) is 5.32 Å². The van der Waals surface area contributed by atoms with Gasteiger partial charge in [0.05, 0.1) is 17.9 Å². The van der Waals surface area contributed by atoms with E-state index < -0.39 is 47.2 Å². The summed E-state index contributed by atoms with van der Waals surface area (Å²) in [5.74, 6) is -3.18. The smallest absolute Gasteiger partial charge is 0.420 e. The third-order valence-electron chi connectivity index (χ3n) is 8.24. The number of hydrogen-bond donors (Lipinski definition) is 2. The molecule has 0 bridgehead atoms. The second kappa shape index (κ2) is 9.67. The number of aliphatic carboxylic acids is 1. The van der Waals surface area contributed by atoms with Crippen molar-refractivity contribution in [2.24, 2.45) is 17.3 Å². The average molecular weight is 532 g/mol. The van der Waals surface area contributed by atoms with Crippen molar-refractivity contribution in [3.63, 3.8) is 0 Å². The largest absolute Gasteiger partial charge is 0.490 e. The van der Waals surface area contributed by atoms with Crippen LogP contribution >= 0.6 is 0 Å². The summed E-state index contributed by atoms with van der Waals surface area (Å²) in [5, 5.41) is 13.0. The molecule has 2 saturated carbocycles. The Kier molecular flexibility index (Phi) is 7.20. The first kappa shape index (κ1) is 27.5. The Balaban J connectivity index is 1.58. The molecular weight excluding hydrogens is 500 g/mol. The summed E-state index contributed by atoms with van der Waals surface area (Å²) in [5.41, 5.74) is -0.831. The molecule has 0 unspecified atom stereocenters. The minimum absolute atomic E-state index is 0.0367. The maximum atomic E-state index is 14.3. The molecule has 37 heavy (non-hydrogen) atoms. The van der Waals surface area contributed by atoms with Crippen LogP contribution in [0.1, 0.15) is 70.0 Å². The number of fused-ring (bicyclic) bond motifs is 1. The second-order valence-corrected chi connectivity index (χ2v) is 10.9. The van der Waals surface area contributed by atoms with Gasteiger partial charge in [0.15, 0.2) is 0 Å². The van der Waals surface area contributed by atoms with E-state index in [2.05, 4.69) is 5.32 Å². The molecule has 2 fully saturated rings. The predicted octanol–water partition coefficient (Wildman–Crippen LogP) is 7.51. The first-order chi connectivity index (χ1) is 17.1. The molecule has 2 aliphatic carbocycles. The summed E-state index contributed by atoms with van der Waals surface area (Å²) in [4.78, 5) is 11.4. The summed E-state index contributed by atoms with van der Waals surface area (Å²) < 4.78 is 87.4. The van der Waals surface area contributed by atoms with E-state index >= 15 is 0 Å². The number of benzene rings is 2. The number of ether oxygens (including phenoxy) is 1. The van der Waals surface area contributed by atoms with E-state index in [0.29, 0.717) is 17.4 Å². The lowest BCUT2D eigenvalue weighted by Gasteiger charge is -2.51. The Morgan fingerprint density at radius 1 is 1.05 bits per heavy atom. The molecule has 0 aliphatic heterocycles. The lowest BCUT2D eigenvalue weighted by molar-refractivity contribution is -0.185. The molecule has 4 rings (SSSR count). The van der Waals surface area contributed by atoms with Crippen molar-refractivity contribution >= 4 is 16.7 Å². The number of carboxylic acid groups (broad SMARTS) is 1. The molecule has 0 aromatic heterocycles. The van der Waals surface area contributed by atoms with E-state index in [1.807, 2.05) is 20.8 Å². The molecule has 0 heterocycles. The minimum atomic E-state index is -4.74. The zero-order chi connectivity index (χ0) is 27.3. The number of hydrogen-bond acceptors (Lipinski definition) is 3. The van der Waals surface area contributed by atoms with E-state index in [4.69, 9.17) is 4.74 Å². The molecule has 10 heteroatoms. The molecule has 2 aromatic rings. The van der Waals surface area contributed by atoms with Gasteiger partial charge >= 0.3 is 18.3 Å². The van der Waals surface area contributed by atoms with Crippen LogP contribution in [0, 0.1) is 17.3 Å². The van der Waals surface area contributed by atoms with Gasteiger partial charge in [0.1, 0.15) is 11.3 Å². The molecule has 2 aliphatic rings. The zero-order valence-electron chi connectivity index (χ0n) is 20.8. The first-order valence-electron chi connectivity index (χ1n) is 12.4. The van der Waals surface area contributed by atoms with Gasteiger partial charge in [-0.2, -0.15) is 26.3 Å². The summed E-state index contributed by atoms with van der Waals surface area (Å²) in [6.45, 7) is 5.53. The zero-order valence-corrected chi connectivity index (χ0v) is 20.8. The van der Waals surface area contributed by atoms with Crippen LogP contribution in [-0.2, 0) is 11.0 Å². The Morgan fingerprint density at radius 2 is 1.68 bits per heavy atom. The van der Waals surface area contributed by atoms with Crippen LogP contribution in [0.4, 0.5) is 26.3 Å². The Hall–Kier alpha value is -2.49. The number of rotatable bonds is 6. The van der Waals surface area contributed by atoms with Crippen LogP contribution in [0.3, 0.4) is 0 Å². The molecule has 2 aromatic carbocycles. The number of carboxylic acids is 1. The molecule has 0 amide bonds. The highest BCUT2D eigenvalue weighted by molar-refractivity contribution is 5.89. The van der Waals surface area contributed by atoms with Gasteiger partial charge in [-0.25, -0.2) is 0 Å². The van der Waals surface area contributed by atoms with Gasteiger partial charge in [0, 0.05) is 12.1 Å². The van der Waals surface area contributed by atoms with E-state index in [1.54, 1.807) is 12.1 Å². The van der Waals surface area contributed by atoms with Crippen molar-refractivity contribution < 1.29 is 41.0 Å². The monoisotopic (exact) mass is 531 g/mol. The Labute approximate surface area is 211 Å². The lowest BCUT2D eigenvalue weighted by atomic mass is 9.58. The third kappa shape index (κ3) is 5.54. The van der Waals surface area contributed by atoms with Crippen LogP contribution in [0.25, 0.3) is 10.8 Å². The van der Waals surface area contributed by atoms with Crippen molar-refractivity contribution in [1.29, 1.82) is 0 Å². The highest BCUT2D eigenvalue weighted by Gasteiger charge is 2.52. The lowest BCUT2D eigenvalue weighted by Crippen LogP contribution is -2.59. The van der Waals surface area contributed by atoms with Gasteiger partial charge in [-0.3, -0.25) is 4.79 Å². The fourth-order valence-corrected chi connectivity index (χ4v) is 5.69. The quantitative estimate of drug-likeness (QED) is 0.379. The Morgan fingerprint density at radius 3 is 2.22 bits per heavy atom. The number of halogens is 6. The Bertz CT molecular complexity index is 1150. The van der Waals surface area contributed by atoms with Gasteiger partial charge in [-0.05, 0) is 72.9 Å². The van der Waals surface area contributed by atoms with Crippen LogP contribution < -0.4 is 10.1 Å². The van der Waals surface area contributed by atoms with Crippen molar-refractivity contribution in [2.75, 3.05) is 0 Å². The molecule has 4 nitrogen and oxygen atoms in total. The summed E-state index contributed by atoms with van der Waals surface area (Å²) in [6.07, 6.45) is -9.60. The molecule has 204 valence electrons. The van der Waals surface area contributed by atoms with E-state index in [1.165, 1.54) is 18.2 Å². The molecule has 0 radical (unpaired) electrons. The second-order valence-electron chi connectivity index (χ2n) is 10.9. The third-order valence-corrected chi connectivity index (χ3v) is 8.24. The van der Waals surface area contributed by atoms with Crippen LogP contribution in [0.15, 0.2) is 30.3 Å². The predicted molar refractivity (Wildman–Crippen MR) is 126 cm³/mol. The SMILES string of the molecule is C[C@@H](N[C@@H]1C[C@@H](C(=O)O)C1(C)C)c1ccc2ccc(O[C@H]3CC[C@@H](C(F)(F)F)CC3)c(C(F)(F)F)c2c1. The molecule has 3 atom stereocenters. The van der Waals surface area contributed by atoms with E-state index in [0.717, 1.165) is 0 Å². The first-order valence-corrected chi connectivity index (χ1v) is 12.4. The van der Waals surface area contributed by atoms with Crippen molar-refractivity contribution in [2.45, 2.75) is 83.4 Å². The molecule has 2 N–H and O–H groups in total. The van der Waals surface area contributed by atoms with Gasteiger partial charge in [0.2, 0.25) is 0 Å². The maximum Gasteiger partial charge on any atom is 0.420 e. The molecule has 0 spiro atoms. The summed E-state index contributed by atoms with van der Waals surface area (Å²) >= 11 is 0. The van der Waals surface area contributed by atoms with Gasteiger partial charge in [-0.1, -0.05) is 32.0 Å². The van der Waals surface area contributed by atoms with Crippen molar-refractivity contribution in [3.8, 4) is 5.75 Å². The van der Waals surface area contributed by atoms with Gasteiger partial charge in [-0.15, -0.1) is 0 Å². The highest BCUT2D eigenvalue weighted by atomic mass is 19.4. The number of carbonyl (C=O) groups is 1. The fourth-order valence-electron chi connectivity index (χ4n) is 5.69. The van der Waals surface area contributed by atoms with Gasteiger partial charge in [0.25, 0.3) is 0 Å². The van der Waals surface area contributed by atoms with Crippen molar-refractivity contribution in [3.05, 3.63) is 41.5 Å². The van der Waals surface area contributed by atoms with Crippen LogP contribution in [0.2, 0.25) is 0 Å². The van der Waals surface area contributed by atoms with Crippen LogP contribution in [-0.4, -0.2) is 29.4 Å². The molecular formula is C27H31F6NO3. The number of alkyl halides is 6. The van der Waals surface area contributed by atoms with Crippen LogP contribution in [0.5, 0.6) is 5.75 Å². The normalized spacial score (nSPS) is 26.9. The van der Waals surface area contributed by atoms with Gasteiger partial charge < -0.3 is 15.2 Å². The number of nitrogens with one attached hydrogen (secondary N) is 1. The average Bonchev–Trinajstić information content (AvgIpc) is 2.79. The topological polar surface area (TPSA) is 58.6 Å². The maximum absolute atomic E-state index is 14.3. The minimum Gasteiger partial charge on any atom is -0.490 e.